The molecule has 0 aliphatic heterocycles. The second-order valence-corrected chi connectivity index (χ2v) is 6.56. The summed E-state index contributed by atoms with van der Waals surface area (Å²) in [5, 5.41) is 7.03. The van der Waals surface area contributed by atoms with E-state index in [1.807, 2.05) is 12.1 Å². The molecule has 7 heteroatoms. The van der Waals surface area contributed by atoms with Crippen LogP contribution in [0, 0.1) is 5.92 Å². The molecule has 1 aliphatic carbocycles. The summed E-state index contributed by atoms with van der Waals surface area (Å²) in [6.45, 7) is 0.489. The molecule has 0 radical (unpaired) electrons. The predicted molar refractivity (Wildman–Crippen MR) is 93.4 cm³/mol. The summed E-state index contributed by atoms with van der Waals surface area (Å²) in [6, 6.07) is 3.71. The Hall–Kier alpha value is -2.28. The largest absolute Gasteiger partial charge is 0.352 e. The summed E-state index contributed by atoms with van der Waals surface area (Å²) >= 11 is 0. The fourth-order valence-corrected chi connectivity index (χ4v) is 3.38. The van der Waals surface area contributed by atoms with Gasteiger partial charge in [-0.1, -0.05) is 24.4 Å². The third kappa shape index (κ3) is 4.85. The molecule has 0 bridgehead atoms. The fraction of sp³-hybridized carbons (Fsp3) is 0.556. The number of carbonyl (C=O) groups is 1. The number of pyridine rings is 1. The van der Waals surface area contributed by atoms with Crippen LogP contribution < -0.4 is 11.1 Å². The Morgan fingerprint density at radius 2 is 2.04 bits per heavy atom. The molecule has 0 aromatic carbocycles. The summed E-state index contributed by atoms with van der Waals surface area (Å²) in [5.41, 5.74) is 6.71. The number of nitrogens with zero attached hydrogens (tertiary/aromatic N) is 3. The highest BCUT2D eigenvalue weighted by Gasteiger charge is 2.24. The lowest BCUT2D eigenvalue weighted by molar-refractivity contribution is -0.122. The van der Waals surface area contributed by atoms with Gasteiger partial charge in [0.1, 0.15) is 0 Å². The van der Waals surface area contributed by atoms with E-state index in [9.17, 15) is 4.79 Å². The number of nitrogens with one attached hydrogen (secondary N) is 1. The first-order valence-electron chi connectivity index (χ1n) is 8.98. The van der Waals surface area contributed by atoms with E-state index in [1.165, 1.54) is 19.3 Å². The van der Waals surface area contributed by atoms with Crippen LogP contribution in [0.15, 0.2) is 29.0 Å². The van der Waals surface area contributed by atoms with Gasteiger partial charge in [0.05, 0.1) is 0 Å². The highest BCUT2D eigenvalue weighted by molar-refractivity contribution is 5.76. The quantitative estimate of drug-likeness (QED) is 0.797. The zero-order chi connectivity index (χ0) is 17.5. The van der Waals surface area contributed by atoms with Gasteiger partial charge in [0.2, 0.25) is 17.6 Å². The average molecular weight is 343 g/mol. The average Bonchev–Trinajstić information content (AvgIpc) is 3.15. The maximum Gasteiger partial charge on any atom is 0.227 e. The topological polar surface area (TPSA) is 107 Å². The highest BCUT2D eigenvalue weighted by Crippen LogP contribution is 2.26. The lowest BCUT2D eigenvalue weighted by Crippen LogP contribution is -2.46. The van der Waals surface area contributed by atoms with E-state index in [1.54, 1.807) is 12.4 Å². The minimum atomic E-state index is -0.00955. The van der Waals surface area contributed by atoms with Crippen molar-refractivity contribution in [2.24, 2.45) is 11.7 Å². The molecular formula is C18H25N5O2. The summed E-state index contributed by atoms with van der Waals surface area (Å²) in [5.74, 6) is 1.47. The van der Waals surface area contributed by atoms with Crippen molar-refractivity contribution in [3.8, 4) is 11.4 Å². The second kappa shape index (κ2) is 8.71. The van der Waals surface area contributed by atoms with Crippen molar-refractivity contribution in [3.05, 3.63) is 30.4 Å². The van der Waals surface area contributed by atoms with E-state index >= 15 is 0 Å². The van der Waals surface area contributed by atoms with Gasteiger partial charge in [0.25, 0.3) is 0 Å². The molecule has 2 aromatic rings. The highest BCUT2D eigenvalue weighted by atomic mass is 16.5. The van der Waals surface area contributed by atoms with Crippen molar-refractivity contribution in [2.75, 3.05) is 6.54 Å². The summed E-state index contributed by atoms with van der Waals surface area (Å²) in [4.78, 5) is 20.5. The van der Waals surface area contributed by atoms with Gasteiger partial charge in [-0.15, -0.1) is 0 Å². The van der Waals surface area contributed by atoms with Crippen molar-refractivity contribution in [1.29, 1.82) is 0 Å². The molecule has 7 nitrogen and oxygen atoms in total. The lowest BCUT2D eigenvalue weighted by Gasteiger charge is -2.30. The van der Waals surface area contributed by atoms with Crippen LogP contribution >= 0.6 is 0 Å². The van der Waals surface area contributed by atoms with Crippen LogP contribution in [-0.4, -0.2) is 33.6 Å². The molecule has 1 amide bonds. The first kappa shape index (κ1) is 17.5. The number of aromatic nitrogens is 3. The van der Waals surface area contributed by atoms with E-state index in [0.717, 1.165) is 18.4 Å². The Balaban J connectivity index is 1.49. The molecule has 25 heavy (non-hydrogen) atoms. The van der Waals surface area contributed by atoms with Crippen LogP contribution in [0.3, 0.4) is 0 Å². The van der Waals surface area contributed by atoms with E-state index in [2.05, 4.69) is 20.4 Å². The minimum absolute atomic E-state index is 0.00955. The standard InChI is InChI=1S/C18H25N5O2/c19-12-15(13-4-2-1-3-5-13)21-16(24)6-7-17-22-18(23-25-17)14-8-10-20-11-9-14/h8-11,13,15H,1-7,12,19H2,(H,21,24). The van der Waals surface area contributed by atoms with Gasteiger partial charge in [0, 0.05) is 43.4 Å². The van der Waals surface area contributed by atoms with Crippen LogP contribution in [0.2, 0.25) is 0 Å². The van der Waals surface area contributed by atoms with Gasteiger partial charge in [-0.3, -0.25) is 9.78 Å². The molecule has 1 unspecified atom stereocenters. The molecular weight excluding hydrogens is 318 g/mol. The summed E-state index contributed by atoms with van der Waals surface area (Å²) in [6.07, 6.45) is 10.2. The third-order valence-electron chi connectivity index (χ3n) is 4.79. The van der Waals surface area contributed by atoms with Crippen molar-refractivity contribution in [3.63, 3.8) is 0 Å². The predicted octanol–water partition coefficient (Wildman–Crippen LogP) is 2.09. The number of rotatable bonds is 7. The number of nitrogens with two attached hydrogens (primary N) is 1. The molecule has 0 spiro atoms. The van der Waals surface area contributed by atoms with Crippen LogP contribution in [0.4, 0.5) is 0 Å². The SMILES string of the molecule is NCC(NC(=O)CCc1nc(-c2ccncc2)no1)C1CCCCC1. The Labute approximate surface area is 147 Å². The molecule has 3 N–H and O–H groups in total. The first-order valence-corrected chi connectivity index (χ1v) is 8.98. The molecule has 2 aromatic heterocycles. The van der Waals surface area contributed by atoms with Crippen molar-refractivity contribution >= 4 is 5.91 Å². The van der Waals surface area contributed by atoms with Crippen molar-refractivity contribution in [1.82, 2.24) is 20.4 Å². The Bertz CT molecular complexity index is 667. The van der Waals surface area contributed by atoms with E-state index in [0.29, 0.717) is 37.0 Å². The van der Waals surface area contributed by atoms with Crippen molar-refractivity contribution < 1.29 is 9.32 Å². The molecule has 1 saturated carbocycles. The first-order chi connectivity index (χ1) is 12.3. The molecule has 1 atom stereocenters. The van der Waals surface area contributed by atoms with Crippen LogP contribution in [0.25, 0.3) is 11.4 Å². The van der Waals surface area contributed by atoms with Crippen LogP contribution in [-0.2, 0) is 11.2 Å². The Kier molecular flexibility index (Phi) is 6.11. The zero-order valence-electron chi connectivity index (χ0n) is 14.4. The molecule has 134 valence electrons. The normalized spacial score (nSPS) is 16.5. The third-order valence-corrected chi connectivity index (χ3v) is 4.79. The number of hydrogen-bond acceptors (Lipinski definition) is 6. The van der Waals surface area contributed by atoms with E-state index in [-0.39, 0.29) is 11.9 Å². The van der Waals surface area contributed by atoms with Crippen molar-refractivity contribution in [2.45, 2.75) is 51.0 Å². The van der Waals surface area contributed by atoms with E-state index < -0.39 is 0 Å². The van der Waals surface area contributed by atoms with Gasteiger partial charge < -0.3 is 15.6 Å². The minimum Gasteiger partial charge on any atom is -0.352 e. The van der Waals surface area contributed by atoms with Gasteiger partial charge in [0.15, 0.2) is 0 Å². The zero-order valence-corrected chi connectivity index (χ0v) is 14.4. The molecule has 1 aliphatic rings. The van der Waals surface area contributed by atoms with Gasteiger partial charge >= 0.3 is 0 Å². The molecule has 3 rings (SSSR count). The second-order valence-electron chi connectivity index (χ2n) is 6.56. The molecule has 2 heterocycles. The Morgan fingerprint density at radius 3 is 2.76 bits per heavy atom. The van der Waals surface area contributed by atoms with Gasteiger partial charge in [-0.05, 0) is 30.9 Å². The lowest BCUT2D eigenvalue weighted by atomic mass is 9.84. The number of carbonyl (C=O) groups excluding carboxylic acids is 1. The Morgan fingerprint density at radius 1 is 1.28 bits per heavy atom. The number of aryl methyl sites for hydroxylation is 1. The fourth-order valence-electron chi connectivity index (χ4n) is 3.38. The maximum atomic E-state index is 12.2. The molecule has 0 saturated heterocycles. The maximum absolute atomic E-state index is 12.2. The van der Waals surface area contributed by atoms with Gasteiger partial charge in [-0.25, -0.2) is 0 Å². The number of amides is 1. The van der Waals surface area contributed by atoms with Crippen LogP contribution in [0.5, 0.6) is 0 Å². The summed E-state index contributed by atoms with van der Waals surface area (Å²) in [7, 11) is 0. The van der Waals surface area contributed by atoms with Gasteiger partial charge in [-0.2, -0.15) is 4.98 Å². The van der Waals surface area contributed by atoms with Crippen LogP contribution in [0.1, 0.15) is 44.4 Å². The van der Waals surface area contributed by atoms with E-state index in [4.69, 9.17) is 10.3 Å². The summed E-state index contributed by atoms with van der Waals surface area (Å²) < 4.78 is 5.23. The smallest absolute Gasteiger partial charge is 0.227 e. The number of hydrogen-bond donors (Lipinski definition) is 2. The monoisotopic (exact) mass is 343 g/mol. The molecule has 1 fully saturated rings.